The molecule has 3 rings (SSSR count). The lowest BCUT2D eigenvalue weighted by molar-refractivity contribution is -0.131. The van der Waals surface area contributed by atoms with Gasteiger partial charge in [-0.15, -0.1) is 0 Å². The Kier molecular flexibility index (Phi) is 9.47. The van der Waals surface area contributed by atoms with E-state index in [9.17, 15) is 14.7 Å². The second-order valence-electron chi connectivity index (χ2n) is 8.78. The Hall–Kier alpha value is -3.84. The summed E-state index contributed by atoms with van der Waals surface area (Å²) in [6, 6.07) is 20.8. The zero-order valence-corrected chi connectivity index (χ0v) is 21.2. The van der Waals surface area contributed by atoms with Crippen LogP contribution in [0.3, 0.4) is 0 Å². The molecule has 1 N–H and O–H groups in total. The van der Waals surface area contributed by atoms with E-state index in [1.165, 1.54) is 18.6 Å². The molecule has 0 radical (unpaired) electrons. The minimum Gasteiger partial charge on any atom is -0.497 e. The molecule has 3 aromatic rings. The molecule has 7 heteroatoms. The molecular formula is C29H33NO6. The number of aryl methyl sites for hydroxylation is 2. The van der Waals surface area contributed by atoms with Gasteiger partial charge in [0.25, 0.3) is 0 Å². The maximum Gasteiger partial charge on any atom is 0.339 e. The number of carbonyl (C=O) groups is 2. The number of ether oxygens (including phenoxy) is 3. The smallest absolute Gasteiger partial charge is 0.339 e. The third kappa shape index (κ3) is 7.33. The summed E-state index contributed by atoms with van der Waals surface area (Å²) in [4.78, 5) is 25.4. The summed E-state index contributed by atoms with van der Waals surface area (Å²) in [6.45, 7) is 1.64. The summed E-state index contributed by atoms with van der Waals surface area (Å²) in [5.74, 6) is 0.0315. The second-order valence-corrected chi connectivity index (χ2v) is 8.78. The van der Waals surface area contributed by atoms with Crippen LogP contribution in [-0.4, -0.2) is 55.8 Å². The van der Waals surface area contributed by atoms with E-state index >= 15 is 0 Å². The molecule has 0 aliphatic heterocycles. The molecule has 1 unspecified atom stereocenters. The molecule has 0 amide bonds. The van der Waals surface area contributed by atoms with E-state index in [0.29, 0.717) is 18.6 Å². The van der Waals surface area contributed by atoms with Gasteiger partial charge in [0.15, 0.2) is 0 Å². The van der Waals surface area contributed by atoms with Crippen LogP contribution in [0.4, 0.5) is 0 Å². The van der Waals surface area contributed by atoms with Crippen molar-refractivity contribution in [2.75, 3.05) is 27.8 Å². The van der Waals surface area contributed by atoms with Crippen molar-refractivity contribution in [2.24, 2.45) is 0 Å². The fourth-order valence-electron chi connectivity index (χ4n) is 3.97. The maximum atomic E-state index is 11.7. The van der Waals surface area contributed by atoms with Gasteiger partial charge in [0, 0.05) is 13.0 Å². The second kappa shape index (κ2) is 12.7. The highest BCUT2D eigenvalue weighted by molar-refractivity contribution is 5.92. The standard InChI is InChI=1S/C29H33NO6/c1-20(31)36-28-23(11-8-13-26(28)29(32)33)18-24(30(2)3)19-35-27-14-6-5-10-22(27)16-15-21-9-7-12-25(17-21)34-4/h5-14,17,24H,15-16,18-19H2,1-4H3,(H,32,33). The van der Waals surface area contributed by atoms with Gasteiger partial charge < -0.3 is 24.2 Å². The predicted molar refractivity (Wildman–Crippen MR) is 138 cm³/mol. The molecule has 0 saturated heterocycles. The van der Waals surface area contributed by atoms with Crippen molar-refractivity contribution in [1.29, 1.82) is 0 Å². The molecule has 190 valence electrons. The first-order chi connectivity index (χ1) is 17.3. The molecule has 0 aromatic heterocycles. The Morgan fingerprint density at radius 3 is 2.36 bits per heavy atom. The van der Waals surface area contributed by atoms with Crippen molar-refractivity contribution in [3.8, 4) is 17.2 Å². The first kappa shape index (κ1) is 26.8. The number of carboxylic acid groups (broad SMARTS) is 1. The van der Waals surface area contributed by atoms with Gasteiger partial charge in [-0.2, -0.15) is 0 Å². The number of aromatic carboxylic acids is 1. The average Bonchev–Trinajstić information content (AvgIpc) is 2.86. The van der Waals surface area contributed by atoms with Gasteiger partial charge in [-0.05, 0) is 74.3 Å². The third-order valence-corrected chi connectivity index (χ3v) is 5.98. The molecule has 0 bridgehead atoms. The summed E-state index contributed by atoms with van der Waals surface area (Å²) < 4.78 is 16.9. The van der Waals surface area contributed by atoms with Gasteiger partial charge in [0.05, 0.1) is 7.11 Å². The van der Waals surface area contributed by atoms with Crippen molar-refractivity contribution in [3.05, 3.63) is 89.0 Å². The molecule has 0 saturated carbocycles. The van der Waals surface area contributed by atoms with E-state index < -0.39 is 11.9 Å². The first-order valence-electron chi connectivity index (χ1n) is 11.8. The number of esters is 1. The van der Waals surface area contributed by atoms with Crippen molar-refractivity contribution in [2.45, 2.75) is 32.2 Å². The molecule has 0 aliphatic rings. The highest BCUT2D eigenvalue weighted by Crippen LogP contribution is 2.27. The number of benzene rings is 3. The third-order valence-electron chi connectivity index (χ3n) is 5.98. The van der Waals surface area contributed by atoms with Crippen molar-refractivity contribution in [3.63, 3.8) is 0 Å². The van der Waals surface area contributed by atoms with Crippen LogP contribution < -0.4 is 14.2 Å². The van der Waals surface area contributed by atoms with Crippen molar-refractivity contribution >= 4 is 11.9 Å². The molecule has 3 aromatic carbocycles. The zero-order valence-electron chi connectivity index (χ0n) is 21.2. The minimum absolute atomic E-state index is 0.0380. The van der Waals surface area contributed by atoms with E-state index in [-0.39, 0.29) is 17.4 Å². The maximum absolute atomic E-state index is 11.7. The number of hydrogen-bond donors (Lipinski definition) is 1. The summed E-state index contributed by atoms with van der Waals surface area (Å²) in [7, 11) is 5.54. The van der Waals surface area contributed by atoms with Gasteiger partial charge in [-0.1, -0.05) is 42.5 Å². The Labute approximate surface area is 212 Å². The molecule has 1 atom stereocenters. The molecule has 0 fully saturated rings. The average molecular weight is 492 g/mol. The number of para-hydroxylation sites is 2. The number of likely N-dealkylation sites (N-methyl/N-ethyl adjacent to an activating group) is 1. The number of carbonyl (C=O) groups excluding carboxylic acids is 1. The van der Waals surface area contributed by atoms with Gasteiger partial charge in [0.1, 0.15) is 29.4 Å². The van der Waals surface area contributed by atoms with Crippen LogP contribution in [0.5, 0.6) is 17.2 Å². The van der Waals surface area contributed by atoms with E-state index in [1.54, 1.807) is 19.2 Å². The highest BCUT2D eigenvalue weighted by atomic mass is 16.5. The van der Waals surface area contributed by atoms with Crippen molar-refractivity contribution in [1.82, 2.24) is 4.90 Å². The van der Waals surface area contributed by atoms with Gasteiger partial charge in [-0.3, -0.25) is 4.79 Å². The fourth-order valence-corrected chi connectivity index (χ4v) is 3.97. The summed E-state index contributed by atoms with van der Waals surface area (Å²) in [5.41, 5.74) is 2.89. The predicted octanol–water partition coefficient (Wildman–Crippen LogP) is 4.66. The Balaban J connectivity index is 1.74. The SMILES string of the molecule is COc1cccc(CCc2ccccc2OCC(Cc2cccc(C(=O)O)c2OC(C)=O)N(C)C)c1. The number of carboxylic acids is 1. The lowest BCUT2D eigenvalue weighted by atomic mass is 10.0. The van der Waals surface area contributed by atoms with E-state index in [0.717, 1.165) is 29.9 Å². The van der Waals surface area contributed by atoms with Crippen LogP contribution in [0.25, 0.3) is 0 Å². The Bertz CT molecular complexity index is 1190. The fraction of sp³-hybridized carbons (Fsp3) is 0.310. The summed E-state index contributed by atoms with van der Waals surface area (Å²) in [6.07, 6.45) is 2.11. The monoisotopic (exact) mass is 491 g/mol. The van der Waals surface area contributed by atoms with Crippen LogP contribution in [0.1, 0.15) is 34.0 Å². The normalized spacial score (nSPS) is 11.7. The number of hydrogen-bond acceptors (Lipinski definition) is 6. The molecular weight excluding hydrogens is 458 g/mol. The molecule has 7 nitrogen and oxygen atoms in total. The molecule has 0 heterocycles. The summed E-state index contributed by atoms with van der Waals surface area (Å²) in [5, 5.41) is 9.56. The quantitative estimate of drug-likeness (QED) is 0.291. The number of methoxy groups -OCH3 is 1. The van der Waals surface area contributed by atoms with Crippen LogP contribution in [-0.2, 0) is 24.1 Å². The lowest BCUT2D eigenvalue weighted by Crippen LogP contribution is -2.36. The Morgan fingerprint density at radius 2 is 1.67 bits per heavy atom. The van der Waals surface area contributed by atoms with Gasteiger partial charge in [0.2, 0.25) is 0 Å². The van der Waals surface area contributed by atoms with Crippen LogP contribution in [0.15, 0.2) is 66.7 Å². The molecule has 0 spiro atoms. The first-order valence-corrected chi connectivity index (χ1v) is 11.8. The van der Waals surface area contributed by atoms with Crippen molar-refractivity contribution < 1.29 is 28.9 Å². The zero-order chi connectivity index (χ0) is 26.1. The topological polar surface area (TPSA) is 85.3 Å². The molecule has 36 heavy (non-hydrogen) atoms. The highest BCUT2D eigenvalue weighted by Gasteiger charge is 2.22. The van der Waals surface area contributed by atoms with Gasteiger partial charge in [-0.25, -0.2) is 4.79 Å². The molecule has 0 aliphatic carbocycles. The minimum atomic E-state index is -1.14. The van der Waals surface area contributed by atoms with Gasteiger partial charge >= 0.3 is 11.9 Å². The van der Waals surface area contributed by atoms with E-state index in [2.05, 4.69) is 12.1 Å². The van der Waals surface area contributed by atoms with Crippen LogP contribution >= 0.6 is 0 Å². The van der Waals surface area contributed by atoms with Crippen LogP contribution in [0, 0.1) is 0 Å². The van der Waals surface area contributed by atoms with E-state index in [1.807, 2.05) is 55.4 Å². The summed E-state index contributed by atoms with van der Waals surface area (Å²) >= 11 is 0. The number of nitrogens with zero attached hydrogens (tertiary/aromatic N) is 1. The number of rotatable bonds is 12. The largest absolute Gasteiger partial charge is 0.497 e. The Morgan fingerprint density at radius 1 is 0.944 bits per heavy atom. The lowest BCUT2D eigenvalue weighted by Gasteiger charge is -2.26. The van der Waals surface area contributed by atoms with E-state index in [4.69, 9.17) is 14.2 Å². The van der Waals surface area contributed by atoms with Crippen LogP contribution in [0.2, 0.25) is 0 Å².